The SMILES string of the molecule is COc1ccccc1NC(=O)N1CCCC1c1cccn1C. The fourth-order valence-electron chi connectivity index (χ4n) is 3.07. The lowest BCUT2D eigenvalue weighted by molar-refractivity contribution is 0.205. The van der Waals surface area contributed by atoms with E-state index in [9.17, 15) is 4.79 Å². The van der Waals surface area contributed by atoms with Gasteiger partial charge in [0, 0.05) is 25.5 Å². The summed E-state index contributed by atoms with van der Waals surface area (Å²) in [6.45, 7) is 0.775. The zero-order valence-electron chi connectivity index (χ0n) is 13.0. The molecule has 0 radical (unpaired) electrons. The maximum absolute atomic E-state index is 12.6. The summed E-state index contributed by atoms with van der Waals surface area (Å²) >= 11 is 0. The Morgan fingerprint density at radius 3 is 2.82 bits per heavy atom. The van der Waals surface area contributed by atoms with Gasteiger partial charge in [-0.25, -0.2) is 4.79 Å². The van der Waals surface area contributed by atoms with E-state index in [2.05, 4.69) is 16.0 Å². The molecule has 0 saturated carbocycles. The number of carbonyl (C=O) groups excluding carboxylic acids is 1. The maximum atomic E-state index is 12.6. The van der Waals surface area contributed by atoms with Gasteiger partial charge in [-0.3, -0.25) is 0 Å². The van der Waals surface area contributed by atoms with Gasteiger partial charge in [0.2, 0.25) is 0 Å². The summed E-state index contributed by atoms with van der Waals surface area (Å²) in [5, 5.41) is 2.97. The number of anilines is 1. The number of amides is 2. The zero-order chi connectivity index (χ0) is 15.5. The molecule has 1 N–H and O–H groups in total. The second kappa shape index (κ2) is 6.13. The highest BCUT2D eigenvalue weighted by molar-refractivity contribution is 5.91. The first-order chi connectivity index (χ1) is 10.7. The molecule has 2 heterocycles. The normalized spacial score (nSPS) is 17.5. The van der Waals surface area contributed by atoms with Gasteiger partial charge in [0.05, 0.1) is 18.8 Å². The van der Waals surface area contributed by atoms with Gasteiger partial charge in [-0.05, 0) is 37.1 Å². The Hall–Kier alpha value is -2.43. The van der Waals surface area contributed by atoms with Gasteiger partial charge in [0.25, 0.3) is 0 Å². The van der Waals surface area contributed by atoms with Crippen molar-refractivity contribution in [2.45, 2.75) is 18.9 Å². The van der Waals surface area contributed by atoms with E-state index in [1.165, 1.54) is 5.69 Å². The van der Waals surface area contributed by atoms with Crippen molar-refractivity contribution in [2.75, 3.05) is 19.0 Å². The average Bonchev–Trinajstić information content (AvgIpc) is 3.16. The largest absolute Gasteiger partial charge is 0.495 e. The topological polar surface area (TPSA) is 46.5 Å². The third-order valence-electron chi connectivity index (χ3n) is 4.19. The third-order valence-corrected chi connectivity index (χ3v) is 4.19. The quantitative estimate of drug-likeness (QED) is 0.944. The van der Waals surface area contributed by atoms with Crippen LogP contribution in [0.4, 0.5) is 10.5 Å². The van der Waals surface area contributed by atoms with E-state index in [4.69, 9.17) is 4.74 Å². The van der Waals surface area contributed by atoms with Crippen LogP contribution in [0.5, 0.6) is 5.75 Å². The molecule has 1 aliphatic rings. The Kier molecular flexibility index (Phi) is 4.04. The molecule has 3 rings (SSSR count). The van der Waals surface area contributed by atoms with Gasteiger partial charge < -0.3 is 19.5 Å². The predicted molar refractivity (Wildman–Crippen MR) is 86.1 cm³/mol. The summed E-state index contributed by atoms with van der Waals surface area (Å²) < 4.78 is 7.37. The first-order valence-electron chi connectivity index (χ1n) is 7.52. The summed E-state index contributed by atoms with van der Waals surface area (Å²) in [6, 6.07) is 11.6. The molecule has 1 saturated heterocycles. The molecule has 1 aliphatic heterocycles. The average molecular weight is 299 g/mol. The number of hydrogen-bond acceptors (Lipinski definition) is 2. The number of ether oxygens (including phenoxy) is 1. The highest BCUT2D eigenvalue weighted by Gasteiger charge is 2.31. The lowest BCUT2D eigenvalue weighted by atomic mass is 10.1. The van der Waals surface area contributed by atoms with Crippen LogP contribution in [-0.2, 0) is 7.05 Å². The summed E-state index contributed by atoms with van der Waals surface area (Å²) in [5.41, 5.74) is 1.88. The maximum Gasteiger partial charge on any atom is 0.322 e. The molecule has 1 unspecified atom stereocenters. The van der Waals surface area contributed by atoms with E-state index in [1.54, 1.807) is 7.11 Å². The van der Waals surface area contributed by atoms with Crippen LogP contribution in [0.15, 0.2) is 42.6 Å². The molecule has 1 aromatic heterocycles. The summed E-state index contributed by atoms with van der Waals surface area (Å²) in [7, 11) is 3.62. The van der Waals surface area contributed by atoms with Crippen molar-refractivity contribution in [2.24, 2.45) is 7.05 Å². The molecule has 5 heteroatoms. The number of urea groups is 1. The van der Waals surface area contributed by atoms with Crippen LogP contribution in [0, 0.1) is 0 Å². The van der Waals surface area contributed by atoms with Crippen LogP contribution in [0.25, 0.3) is 0 Å². The second-order valence-corrected chi connectivity index (χ2v) is 5.53. The van der Waals surface area contributed by atoms with Crippen molar-refractivity contribution in [3.8, 4) is 5.75 Å². The van der Waals surface area contributed by atoms with E-state index in [0.29, 0.717) is 11.4 Å². The Balaban J connectivity index is 1.78. The van der Waals surface area contributed by atoms with Gasteiger partial charge in [0.1, 0.15) is 5.75 Å². The lowest BCUT2D eigenvalue weighted by Crippen LogP contribution is -2.35. The smallest absolute Gasteiger partial charge is 0.322 e. The number of hydrogen-bond donors (Lipinski definition) is 1. The van der Waals surface area contributed by atoms with Crippen molar-refractivity contribution in [1.82, 2.24) is 9.47 Å². The van der Waals surface area contributed by atoms with Crippen LogP contribution in [0.2, 0.25) is 0 Å². The minimum atomic E-state index is -0.0757. The lowest BCUT2D eigenvalue weighted by Gasteiger charge is -2.26. The molecule has 1 fully saturated rings. The second-order valence-electron chi connectivity index (χ2n) is 5.53. The van der Waals surface area contributed by atoms with Gasteiger partial charge in [-0.1, -0.05) is 12.1 Å². The Morgan fingerprint density at radius 2 is 2.09 bits per heavy atom. The first kappa shape index (κ1) is 14.5. The van der Waals surface area contributed by atoms with Gasteiger partial charge >= 0.3 is 6.03 Å². The zero-order valence-corrected chi connectivity index (χ0v) is 13.0. The number of benzene rings is 1. The van der Waals surface area contributed by atoms with Crippen molar-refractivity contribution in [1.29, 1.82) is 0 Å². The van der Waals surface area contributed by atoms with Crippen LogP contribution in [-0.4, -0.2) is 29.2 Å². The van der Waals surface area contributed by atoms with Crippen molar-refractivity contribution >= 4 is 11.7 Å². The molecule has 1 atom stereocenters. The van der Waals surface area contributed by atoms with E-state index in [-0.39, 0.29) is 12.1 Å². The van der Waals surface area contributed by atoms with Crippen LogP contribution in [0.3, 0.4) is 0 Å². The molecule has 22 heavy (non-hydrogen) atoms. The summed E-state index contributed by atoms with van der Waals surface area (Å²) in [5.74, 6) is 0.672. The van der Waals surface area contributed by atoms with E-state index in [1.807, 2.05) is 48.5 Å². The van der Waals surface area contributed by atoms with Crippen molar-refractivity contribution in [3.05, 3.63) is 48.3 Å². The van der Waals surface area contributed by atoms with Gasteiger partial charge in [-0.2, -0.15) is 0 Å². The summed E-state index contributed by atoms with van der Waals surface area (Å²) in [6.07, 6.45) is 4.04. The molecule has 0 spiro atoms. The van der Waals surface area contributed by atoms with E-state index in [0.717, 1.165) is 19.4 Å². The molecule has 5 nitrogen and oxygen atoms in total. The molecule has 116 valence electrons. The number of methoxy groups -OCH3 is 1. The number of likely N-dealkylation sites (tertiary alicyclic amines) is 1. The molecular formula is C17H21N3O2. The van der Waals surface area contributed by atoms with Crippen LogP contribution >= 0.6 is 0 Å². The standard InChI is InChI=1S/C17H21N3O2/c1-19-11-5-8-14(19)15-9-6-12-20(15)17(21)18-13-7-3-4-10-16(13)22-2/h3-5,7-8,10-11,15H,6,9,12H2,1-2H3,(H,18,21). The molecule has 2 amide bonds. The first-order valence-corrected chi connectivity index (χ1v) is 7.52. The highest BCUT2D eigenvalue weighted by Crippen LogP contribution is 2.33. The number of aryl methyl sites for hydroxylation is 1. The van der Waals surface area contributed by atoms with Crippen molar-refractivity contribution in [3.63, 3.8) is 0 Å². The predicted octanol–water partition coefficient (Wildman–Crippen LogP) is 3.40. The number of nitrogens with one attached hydrogen (secondary N) is 1. The fraction of sp³-hybridized carbons (Fsp3) is 0.353. The molecular weight excluding hydrogens is 278 g/mol. The highest BCUT2D eigenvalue weighted by atomic mass is 16.5. The van der Waals surface area contributed by atoms with Crippen LogP contribution in [0.1, 0.15) is 24.6 Å². The van der Waals surface area contributed by atoms with E-state index >= 15 is 0 Å². The van der Waals surface area contributed by atoms with Gasteiger partial charge in [0.15, 0.2) is 0 Å². The molecule has 0 bridgehead atoms. The number of para-hydroxylation sites is 2. The van der Waals surface area contributed by atoms with Crippen molar-refractivity contribution < 1.29 is 9.53 Å². The minimum Gasteiger partial charge on any atom is -0.495 e. The monoisotopic (exact) mass is 299 g/mol. The third kappa shape index (κ3) is 2.66. The fourth-order valence-corrected chi connectivity index (χ4v) is 3.07. The Morgan fingerprint density at radius 1 is 1.27 bits per heavy atom. The molecule has 1 aromatic carbocycles. The number of aromatic nitrogens is 1. The Bertz CT molecular complexity index is 665. The molecule has 2 aromatic rings. The molecule has 0 aliphatic carbocycles. The van der Waals surface area contributed by atoms with Gasteiger partial charge in [-0.15, -0.1) is 0 Å². The minimum absolute atomic E-state index is 0.0757. The Labute approximate surface area is 130 Å². The number of rotatable bonds is 3. The van der Waals surface area contributed by atoms with Crippen LogP contribution < -0.4 is 10.1 Å². The van der Waals surface area contributed by atoms with E-state index < -0.39 is 0 Å². The number of carbonyl (C=O) groups is 1. The number of nitrogens with zero attached hydrogens (tertiary/aromatic N) is 2. The summed E-state index contributed by atoms with van der Waals surface area (Å²) in [4.78, 5) is 14.6.